The number of carbonyl (C=O) groups is 1. The van der Waals surface area contributed by atoms with Gasteiger partial charge in [-0.3, -0.25) is 4.79 Å². The minimum absolute atomic E-state index is 0.154. The van der Waals surface area contributed by atoms with Crippen LogP contribution in [0.4, 0.5) is 0 Å². The minimum Gasteiger partial charge on any atom is -0.347 e. The second kappa shape index (κ2) is 6.73. The van der Waals surface area contributed by atoms with Crippen LogP contribution in [-0.2, 0) is 0 Å². The summed E-state index contributed by atoms with van der Waals surface area (Å²) in [5.41, 5.74) is 7.72. The molecular weight excluding hydrogens is 264 g/mol. The minimum atomic E-state index is -0.188. The van der Waals surface area contributed by atoms with Gasteiger partial charge >= 0.3 is 0 Å². The number of H-pyrrole nitrogens is 1. The SMILES string of the molecule is Cc1cc(C#CCN)cc(C(=O)NC(C)c2ncc[nH]2)c1. The number of nitrogens with two attached hydrogens (primary N) is 1. The first kappa shape index (κ1) is 14.8. The molecule has 1 unspecified atom stereocenters. The van der Waals surface area contributed by atoms with Crippen molar-refractivity contribution in [3.8, 4) is 11.8 Å². The Morgan fingerprint density at radius 2 is 2.29 bits per heavy atom. The summed E-state index contributed by atoms with van der Waals surface area (Å²) in [6.45, 7) is 4.10. The second-order valence-electron chi connectivity index (χ2n) is 4.76. The van der Waals surface area contributed by atoms with Gasteiger partial charge in [-0.15, -0.1) is 0 Å². The second-order valence-corrected chi connectivity index (χ2v) is 4.76. The van der Waals surface area contributed by atoms with E-state index in [0.717, 1.165) is 17.0 Å². The van der Waals surface area contributed by atoms with Gasteiger partial charge in [0.05, 0.1) is 12.6 Å². The van der Waals surface area contributed by atoms with Crippen molar-refractivity contribution in [3.63, 3.8) is 0 Å². The summed E-state index contributed by atoms with van der Waals surface area (Å²) in [6, 6.07) is 5.33. The van der Waals surface area contributed by atoms with Crippen LogP contribution in [0.5, 0.6) is 0 Å². The number of hydrogen-bond donors (Lipinski definition) is 3. The molecule has 1 amide bonds. The summed E-state index contributed by atoms with van der Waals surface area (Å²) in [5.74, 6) is 6.31. The normalized spacial score (nSPS) is 11.4. The molecule has 2 aromatic rings. The summed E-state index contributed by atoms with van der Waals surface area (Å²) in [5, 5.41) is 2.90. The Balaban J connectivity index is 2.17. The first-order valence-corrected chi connectivity index (χ1v) is 6.71. The monoisotopic (exact) mass is 282 g/mol. The summed E-state index contributed by atoms with van der Waals surface area (Å²) >= 11 is 0. The summed E-state index contributed by atoms with van der Waals surface area (Å²) in [7, 11) is 0. The Labute approximate surface area is 124 Å². The van der Waals surface area contributed by atoms with Crippen LogP contribution in [0.2, 0.25) is 0 Å². The van der Waals surface area contributed by atoms with Crippen molar-refractivity contribution in [2.24, 2.45) is 5.73 Å². The highest BCUT2D eigenvalue weighted by Crippen LogP contribution is 2.12. The Kier molecular flexibility index (Phi) is 4.75. The molecule has 1 aromatic heterocycles. The molecule has 0 aliphatic heterocycles. The third kappa shape index (κ3) is 3.94. The number of benzene rings is 1. The number of nitrogens with zero attached hydrogens (tertiary/aromatic N) is 1. The Morgan fingerprint density at radius 1 is 1.48 bits per heavy atom. The molecule has 0 fully saturated rings. The predicted molar refractivity (Wildman–Crippen MR) is 81.6 cm³/mol. The predicted octanol–water partition coefficient (Wildman–Crippen LogP) is 1.52. The van der Waals surface area contributed by atoms with E-state index in [-0.39, 0.29) is 11.9 Å². The van der Waals surface area contributed by atoms with E-state index >= 15 is 0 Å². The number of aromatic amines is 1. The van der Waals surface area contributed by atoms with E-state index in [1.54, 1.807) is 18.5 Å². The van der Waals surface area contributed by atoms with Gasteiger partial charge in [0, 0.05) is 23.5 Å². The third-order valence-electron chi connectivity index (χ3n) is 2.95. The molecule has 1 heterocycles. The largest absolute Gasteiger partial charge is 0.347 e. The molecule has 0 aliphatic rings. The van der Waals surface area contributed by atoms with E-state index in [9.17, 15) is 4.79 Å². The van der Waals surface area contributed by atoms with Crippen LogP contribution in [-0.4, -0.2) is 22.4 Å². The lowest BCUT2D eigenvalue weighted by atomic mass is 10.1. The lowest BCUT2D eigenvalue weighted by Crippen LogP contribution is -2.27. The molecule has 2 rings (SSSR count). The topological polar surface area (TPSA) is 83.8 Å². The molecule has 0 saturated heterocycles. The van der Waals surface area contributed by atoms with Crippen LogP contribution >= 0.6 is 0 Å². The van der Waals surface area contributed by atoms with E-state index in [2.05, 4.69) is 27.1 Å². The molecule has 0 bridgehead atoms. The molecule has 4 N–H and O–H groups in total. The Bertz CT molecular complexity index is 680. The quantitative estimate of drug-likeness (QED) is 0.746. The van der Waals surface area contributed by atoms with Crippen LogP contribution in [0.25, 0.3) is 0 Å². The molecule has 5 nitrogen and oxygen atoms in total. The first-order chi connectivity index (χ1) is 10.1. The average molecular weight is 282 g/mol. The third-order valence-corrected chi connectivity index (χ3v) is 2.95. The van der Waals surface area contributed by atoms with Crippen molar-refractivity contribution in [1.29, 1.82) is 0 Å². The highest BCUT2D eigenvalue weighted by Gasteiger charge is 2.13. The van der Waals surface area contributed by atoms with Crippen molar-refractivity contribution in [2.75, 3.05) is 6.54 Å². The summed E-state index contributed by atoms with van der Waals surface area (Å²) < 4.78 is 0. The van der Waals surface area contributed by atoms with E-state index in [0.29, 0.717) is 12.1 Å². The maximum atomic E-state index is 12.3. The summed E-state index contributed by atoms with van der Waals surface area (Å²) in [4.78, 5) is 19.4. The highest BCUT2D eigenvalue weighted by atomic mass is 16.1. The van der Waals surface area contributed by atoms with Gasteiger partial charge in [0.25, 0.3) is 5.91 Å². The molecule has 21 heavy (non-hydrogen) atoms. The van der Waals surface area contributed by atoms with Crippen molar-refractivity contribution in [2.45, 2.75) is 19.9 Å². The van der Waals surface area contributed by atoms with Gasteiger partial charge in [-0.2, -0.15) is 0 Å². The number of nitrogens with one attached hydrogen (secondary N) is 2. The standard InChI is InChI=1S/C16H18N4O/c1-11-8-13(4-3-5-17)10-14(9-11)16(21)20-12(2)15-18-6-7-19-15/h6-10,12H,5,17H2,1-2H3,(H,18,19)(H,20,21). The lowest BCUT2D eigenvalue weighted by Gasteiger charge is -2.12. The number of hydrogen-bond acceptors (Lipinski definition) is 3. The van der Waals surface area contributed by atoms with E-state index in [4.69, 9.17) is 5.73 Å². The van der Waals surface area contributed by atoms with Gasteiger partial charge in [-0.25, -0.2) is 4.98 Å². The lowest BCUT2D eigenvalue weighted by molar-refractivity contribution is 0.0938. The fourth-order valence-corrected chi connectivity index (χ4v) is 2.00. The molecule has 0 radical (unpaired) electrons. The van der Waals surface area contributed by atoms with Crippen LogP contribution in [0.1, 0.15) is 40.3 Å². The fraction of sp³-hybridized carbons (Fsp3) is 0.250. The highest BCUT2D eigenvalue weighted by molar-refractivity contribution is 5.95. The number of amides is 1. The Morgan fingerprint density at radius 3 is 2.95 bits per heavy atom. The van der Waals surface area contributed by atoms with E-state index < -0.39 is 0 Å². The van der Waals surface area contributed by atoms with Gasteiger partial charge < -0.3 is 16.0 Å². The molecular formula is C16H18N4O. The molecule has 108 valence electrons. The molecule has 1 atom stereocenters. The van der Waals surface area contributed by atoms with Gasteiger partial charge in [-0.1, -0.05) is 11.8 Å². The number of rotatable bonds is 3. The van der Waals surface area contributed by atoms with Crippen molar-refractivity contribution in [1.82, 2.24) is 15.3 Å². The zero-order valence-corrected chi connectivity index (χ0v) is 12.1. The fourth-order valence-electron chi connectivity index (χ4n) is 2.00. The van der Waals surface area contributed by atoms with Crippen LogP contribution in [0, 0.1) is 18.8 Å². The van der Waals surface area contributed by atoms with Crippen LogP contribution in [0.15, 0.2) is 30.6 Å². The summed E-state index contributed by atoms with van der Waals surface area (Å²) in [6.07, 6.45) is 3.39. The number of aromatic nitrogens is 2. The molecule has 5 heteroatoms. The zero-order chi connectivity index (χ0) is 15.2. The first-order valence-electron chi connectivity index (χ1n) is 6.71. The average Bonchev–Trinajstić information content (AvgIpc) is 2.98. The molecule has 0 spiro atoms. The maximum absolute atomic E-state index is 12.3. The maximum Gasteiger partial charge on any atom is 0.251 e. The van der Waals surface area contributed by atoms with Gasteiger partial charge in [0.1, 0.15) is 5.82 Å². The van der Waals surface area contributed by atoms with E-state index in [1.165, 1.54) is 0 Å². The van der Waals surface area contributed by atoms with Crippen LogP contribution in [0.3, 0.4) is 0 Å². The van der Waals surface area contributed by atoms with Gasteiger partial charge in [0.15, 0.2) is 0 Å². The van der Waals surface area contributed by atoms with E-state index in [1.807, 2.05) is 26.0 Å². The molecule has 0 saturated carbocycles. The number of aryl methyl sites for hydroxylation is 1. The van der Waals surface area contributed by atoms with Gasteiger partial charge in [-0.05, 0) is 37.6 Å². The molecule has 1 aromatic carbocycles. The van der Waals surface area contributed by atoms with Crippen molar-refractivity contribution >= 4 is 5.91 Å². The number of imidazole rings is 1. The van der Waals surface area contributed by atoms with Gasteiger partial charge in [0.2, 0.25) is 0 Å². The molecule has 0 aliphatic carbocycles. The smallest absolute Gasteiger partial charge is 0.251 e. The Hall–Kier alpha value is -2.58. The number of carbonyl (C=O) groups excluding carboxylic acids is 1. The van der Waals surface area contributed by atoms with Crippen LogP contribution < -0.4 is 11.1 Å². The van der Waals surface area contributed by atoms with Crippen molar-refractivity contribution in [3.05, 3.63) is 53.1 Å². The van der Waals surface area contributed by atoms with Crippen molar-refractivity contribution < 1.29 is 4.79 Å². The zero-order valence-electron chi connectivity index (χ0n) is 12.1.